The second-order valence-electron chi connectivity index (χ2n) is 7.92. The highest BCUT2D eigenvalue weighted by atomic mass is 35.5. The zero-order chi connectivity index (χ0) is 24.8. The van der Waals surface area contributed by atoms with Crippen LogP contribution in [-0.2, 0) is 29.2 Å². The third-order valence-corrected chi connectivity index (χ3v) is 5.59. The van der Waals surface area contributed by atoms with Crippen LogP contribution in [0.4, 0.5) is 0 Å². The summed E-state index contributed by atoms with van der Waals surface area (Å²) in [4.78, 5) is 45.2. The Kier molecular flexibility index (Phi) is 8.12. The van der Waals surface area contributed by atoms with Crippen molar-refractivity contribution in [1.82, 2.24) is 14.1 Å². The van der Waals surface area contributed by atoms with Crippen molar-refractivity contribution in [3.8, 4) is 5.75 Å². The van der Waals surface area contributed by atoms with Crippen molar-refractivity contribution in [1.29, 1.82) is 0 Å². The molecule has 0 saturated heterocycles. The van der Waals surface area contributed by atoms with E-state index < -0.39 is 23.3 Å². The molecular weight excluding hydrogens is 460 g/mol. The summed E-state index contributed by atoms with van der Waals surface area (Å²) in [6.45, 7) is 3.73. The van der Waals surface area contributed by atoms with Gasteiger partial charge in [0.1, 0.15) is 5.75 Å². The standard InChI is InChI=1S/C24H27ClN4O5/c1-15-5-8-18(20(11-15)33-3)12-26-22-27-23(31)29(13-16(2)21(30)34-4)24(32)28(22)14-17-6-9-19(25)10-7-17/h5-11,16H,12-14H2,1-4H3,(H,26,27,31)/t16-/m0/s1. The number of benzene rings is 2. The first kappa shape index (κ1) is 25.0. The molecule has 3 aromatic rings. The highest BCUT2D eigenvalue weighted by Gasteiger charge is 2.18. The number of aromatic amines is 1. The molecule has 9 nitrogen and oxygen atoms in total. The average molecular weight is 487 g/mol. The quantitative estimate of drug-likeness (QED) is 0.491. The fraction of sp³-hybridized carbons (Fsp3) is 0.333. The number of methoxy groups -OCH3 is 2. The third-order valence-electron chi connectivity index (χ3n) is 5.34. The highest BCUT2D eigenvalue weighted by Crippen LogP contribution is 2.20. The van der Waals surface area contributed by atoms with Gasteiger partial charge in [-0.2, -0.15) is 0 Å². The first-order valence-electron chi connectivity index (χ1n) is 10.6. The zero-order valence-electron chi connectivity index (χ0n) is 19.5. The number of nitrogens with one attached hydrogen (secondary N) is 1. The van der Waals surface area contributed by atoms with Gasteiger partial charge in [-0.05, 0) is 36.2 Å². The van der Waals surface area contributed by atoms with E-state index in [2.05, 4.69) is 9.98 Å². The maximum Gasteiger partial charge on any atom is 0.335 e. The molecule has 0 radical (unpaired) electrons. The predicted molar refractivity (Wildman–Crippen MR) is 128 cm³/mol. The molecule has 0 spiro atoms. The van der Waals surface area contributed by atoms with Crippen LogP contribution in [0.1, 0.15) is 23.6 Å². The molecule has 180 valence electrons. The number of ether oxygens (including phenoxy) is 2. The van der Waals surface area contributed by atoms with E-state index in [4.69, 9.17) is 21.1 Å². The Morgan fingerprint density at radius 3 is 2.47 bits per heavy atom. The molecule has 3 rings (SSSR count). The van der Waals surface area contributed by atoms with Crippen LogP contribution in [0.2, 0.25) is 5.02 Å². The van der Waals surface area contributed by atoms with Crippen molar-refractivity contribution in [3.05, 3.63) is 90.8 Å². The lowest BCUT2D eigenvalue weighted by Gasteiger charge is -2.14. The van der Waals surface area contributed by atoms with Crippen molar-refractivity contribution >= 4 is 17.6 Å². The zero-order valence-corrected chi connectivity index (χ0v) is 20.3. The van der Waals surface area contributed by atoms with E-state index in [1.165, 1.54) is 11.7 Å². The van der Waals surface area contributed by atoms with Gasteiger partial charge in [-0.15, -0.1) is 0 Å². The first-order valence-corrected chi connectivity index (χ1v) is 11.0. The number of carbonyl (C=O) groups excluding carboxylic acids is 1. The molecule has 2 aromatic carbocycles. The molecule has 0 aliphatic heterocycles. The van der Waals surface area contributed by atoms with Crippen molar-refractivity contribution in [3.63, 3.8) is 0 Å². The minimum atomic E-state index is -0.688. The van der Waals surface area contributed by atoms with Crippen LogP contribution in [0.25, 0.3) is 0 Å². The van der Waals surface area contributed by atoms with Crippen LogP contribution >= 0.6 is 11.6 Å². The minimum Gasteiger partial charge on any atom is -0.496 e. The second kappa shape index (κ2) is 11.0. The van der Waals surface area contributed by atoms with Crippen molar-refractivity contribution in [2.24, 2.45) is 10.9 Å². The van der Waals surface area contributed by atoms with E-state index >= 15 is 0 Å². The fourth-order valence-electron chi connectivity index (χ4n) is 3.45. The second-order valence-corrected chi connectivity index (χ2v) is 8.35. The Morgan fingerprint density at radius 2 is 1.82 bits per heavy atom. The number of hydrogen-bond acceptors (Lipinski definition) is 6. The number of rotatable bonds is 8. The summed E-state index contributed by atoms with van der Waals surface area (Å²) in [5, 5.41) is 0.566. The van der Waals surface area contributed by atoms with E-state index in [9.17, 15) is 14.4 Å². The smallest absolute Gasteiger partial charge is 0.335 e. The molecule has 0 saturated carbocycles. The molecule has 1 aromatic heterocycles. The van der Waals surface area contributed by atoms with E-state index in [-0.39, 0.29) is 25.3 Å². The Hall–Kier alpha value is -3.59. The maximum absolute atomic E-state index is 13.4. The van der Waals surface area contributed by atoms with E-state index in [1.54, 1.807) is 38.3 Å². The normalized spacial score (nSPS) is 12.4. The number of H-pyrrole nitrogens is 1. The minimum absolute atomic E-state index is 0.106. The SMILES string of the molecule is COC(=O)[C@@H](C)Cn1c(=O)[nH]/c(=N\Cc2ccc(C)cc2OC)n(Cc2ccc(Cl)cc2)c1=O. The topological polar surface area (TPSA) is 108 Å². The van der Waals surface area contributed by atoms with Gasteiger partial charge in [-0.25, -0.2) is 19.1 Å². The number of halogens is 1. The Balaban J connectivity index is 2.11. The summed E-state index contributed by atoms with van der Waals surface area (Å²) in [6, 6.07) is 12.7. The van der Waals surface area contributed by atoms with Crippen molar-refractivity contribution in [2.75, 3.05) is 14.2 Å². The van der Waals surface area contributed by atoms with Crippen LogP contribution in [0.15, 0.2) is 57.0 Å². The molecule has 1 heterocycles. The monoisotopic (exact) mass is 486 g/mol. The summed E-state index contributed by atoms with van der Waals surface area (Å²) in [7, 11) is 2.83. The van der Waals surface area contributed by atoms with E-state index in [0.717, 1.165) is 21.3 Å². The molecule has 0 amide bonds. The molecule has 0 bridgehead atoms. The highest BCUT2D eigenvalue weighted by molar-refractivity contribution is 6.30. The summed E-state index contributed by atoms with van der Waals surface area (Å²) in [5.41, 5.74) is 1.47. The van der Waals surface area contributed by atoms with E-state index in [0.29, 0.717) is 10.8 Å². The number of hydrogen-bond donors (Lipinski definition) is 1. The number of nitrogens with zero attached hydrogens (tertiary/aromatic N) is 3. The number of carbonyl (C=O) groups is 1. The van der Waals surface area contributed by atoms with Crippen LogP contribution in [0, 0.1) is 12.8 Å². The largest absolute Gasteiger partial charge is 0.496 e. The molecule has 0 unspecified atom stereocenters. The predicted octanol–water partition coefficient (Wildman–Crippen LogP) is 2.27. The van der Waals surface area contributed by atoms with Gasteiger partial charge in [0.25, 0.3) is 0 Å². The van der Waals surface area contributed by atoms with E-state index in [1.807, 2.05) is 25.1 Å². The lowest BCUT2D eigenvalue weighted by atomic mass is 10.1. The Labute approximate surface area is 201 Å². The summed E-state index contributed by atoms with van der Waals surface area (Å²) >= 11 is 5.99. The number of aryl methyl sites for hydroxylation is 1. The van der Waals surface area contributed by atoms with Gasteiger partial charge in [0, 0.05) is 17.1 Å². The van der Waals surface area contributed by atoms with Crippen molar-refractivity contribution < 1.29 is 14.3 Å². The number of aromatic nitrogens is 3. The average Bonchev–Trinajstić information content (AvgIpc) is 2.83. The summed E-state index contributed by atoms with van der Waals surface area (Å²) < 4.78 is 12.5. The summed E-state index contributed by atoms with van der Waals surface area (Å²) in [5.74, 6) is -0.543. The molecule has 0 fully saturated rings. The summed E-state index contributed by atoms with van der Waals surface area (Å²) in [6.07, 6.45) is 0. The van der Waals surface area contributed by atoms with Crippen LogP contribution < -0.4 is 21.7 Å². The molecule has 10 heteroatoms. The van der Waals surface area contributed by atoms with Gasteiger partial charge >= 0.3 is 17.3 Å². The van der Waals surface area contributed by atoms with Gasteiger partial charge < -0.3 is 9.47 Å². The first-order chi connectivity index (χ1) is 16.2. The van der Waals surface area contributed by atoms with Gasteiger partial charge in [-0.1, -0.05) is 42.8 Å². The molecular formula is C24H27ClN4O5. The van der Waals surface area contributed by atoms with Gasteiger partial charge in [0.05, 0.1) is 33.2 Å². The molecule has 1 N–H and O–H groups in total. The molecule has 0 aliphatic rings. The van der Waals surface area contributed by atoms with Crippen LogP contribution in [-0.4, -0.2) is 34.3 Å². The Morgan fingerprint density at radius 1 is 1.12 bits per heavy atom. The van der Waals surface area contributed by atoms with Gasteiger partial charge in [0.15, 0.2) is 0 Å². The van der Waals surface area contributed by atoms with Crippen LogP contribution in [0.5, 0.6) is 5.75 Å². The number of esters is 1. The molecule has 34 heavy (non-hydrogen) atoms. The lowest BCUT2D eigenvalue weighted by Crippen LogP contribution is -2.51. The Bertz CT molecular complexity index is 1360. The fourth-order valence-corrected chi connectivity index (χ4v) is 3.57. The van der Waals surface area contributed by atoms with Gasteiger partial charge in [-0.3, -0.25) is 14.3 Å². The third kappa shape index (κ3) is 5.85. The lowest BCUT2D eigenvalue weighted by molar-refractivity contribution is -0.145. The molecule has 1 atom stereocenters. The maximum atomic E-state index is 13.4. The van der Waals surface area contributed by atoms with Crippen LogP contribution in [0.3, 0.4) is 0 Å². The van der Waals surface area contributed by atoms with Crippen molar-refractivity contribution in [2.45, 2.75) is 33.5 Å². The van der Waals surface area contributed by atoms with Gasteiger partial charge in [0.2, 0.25) is 5.62 Å². The molecule has 0 aliphatic carbocycles.